The molecule has 19 heavy (non-hydrogen) atoms. The maximum Gasteiger partial charge on any atom is 0.0956 e. The Bertz CT molecular complexity index is 591. The second-order valence-electron chi connectivity index (χ2n) is 4.59. The summed E-state index contributed by atoms with van der Waals surface area (Å²) in [6.07, 6.45) is 0.676. The van der Waals surface area contributed by atoms with Gasteiger partial charge in [-0.05, 0) is 20.3 Å². The molecule has 2 aromatic rings. The number of halogens is 1. The molecule has 0 amide bonds. The number of hydrogen-bond acceptors (Lipinski definition) is 4. The lowest BCUT2D eigenvalue weighted by atomic mass is 10.1. The van der Waals surface area contributed by atoms with Crippen LogP contribution < -0.4 is 0 Å². The summed E-state index contributed by atoms with van der Waals surface area (Å²) in [7, 11) is 1.86. The van der Waals surface area contributed by atoms with Gasteiger partial charge in [0.2, 0.25) is 0 Å². The summed E-state index contributed by atoms with van der Waals surface area (Å²) in [4.78, 5) is 5.25. The number of hydrogen-bond donors (Lipinski definition) is 1. The van der Waals surface area contributed by atoms with Gasteiger partial charge in [0.1, 0.15) is 0 Å². The fourth-order valence-electron chi connectivity index (χ4n) is 2.17. The third kappa shape index (κ3) is 2.83. The Morgan fingerprint density at radius 1 is 1.42 bits per heavy atom. The molecule has 104 valence electrons. The van der Waals surface area contributed by atoms with Gasteiger partial charge < -0.3 is 5.11 Å². The zero-order valence-corrected chi connectivity index (χ0v) is 13.1. The molecule has 0 saturated carbocycles. The summed E-state index contributed by atoms with van der Waals surface area (Å²) < 4.78 is 1.76. The minimum absolute atomic E-state index is 0.463. The van der Waals surface area contributed by atoms with Gasteiger partial charge in [0, 0.05) is 13.5 Å². The molecule has 1 N–H and O–H groups in total. The summed E-state index contributed by atoms with van der Waals surface area (Å²) in [6.45, 7) is 5.88. The standard InChI is InChI=1S/C13H18ClN3OS/c1-5-9-12(14)10(17(4)16-9)6-11(18)13-7(2)15-8(3)19-13/h11,18H,5-6H2,1-4H3. The van der Waals surface area contributed by atoms with E-state index in [1.165, 1.54) is 11.3 Å². The highest BCUT2D eigenvalue weighted by atomic mass is 35.5. The molecule has 1 unspecified atom stereocenters. The number of rotatable bonds is 4. The first kappa shape index (κ1) is 14.5. The van der Waals surface area contributed by atoms with E-state index in [4.69, 9.17) is 11.6 Å². The van der Waals surface area contributed by atoms with Crippen molar-refractivity contribution in [2.75, 3.05) is 0 Å². The molecule has 0 aromatic carbocycles. The Labute approximate surface area is 122 Å². The van der Waals surface area contributed by atoms with Crippen LogP contribution in [0.3, 0.4) is 0 Å². The molecule has 2 aromatic heterocycles. The second kappa shape index (κ2) is 5.61. The minimum atomic E-state index is -0.580. The van der Waals surface area contributed by atoms with E-state index in [1.54, 1.807) is 4.68 Å². The molecule has 0 radical (unpaired) electrons. The normalized spacial score (nSPS) is 12.9. The summed E-state index contributed by atoms with van der Waals surface area (Å²) in [5, 5.41) is 16.4. The van der Waals surface area contributed by atoms with Crippen LogP contribution in [-0.2, 0) is 19.9 Å². The maximum absolute atomic E-state index is 10.4. The van der Waals surface area contributed by atoms with Gasteiger partial charge >= 0.3 is 0 Å². The predicted molar refractivity (Wildman–Crippen MR) is 77.8 cm³/mol. The molecule has 4 nitrogen and oxygen atoms in total. The molecule has 1 atom stereocenters. The molecule has 0 fully saturated rings. The number of aliphatic hydroxyl groups is 1. The van der Waals surface area contributed by atoms with Crippen LogP contribution in [0.5, 0.6) is 0 Å². The van der Waals surface area contributed by atoms with Gasteiger partial charge in [-0.25, -0.2) is 4.98 Å². The second-order valence-corrected chi connectivity index (χ2v) is 6.20. The zero-order chi connectivity index (χ0) is 14.2. The highest BCUT2D eigenvalue weighted by molar-refractivity contribution is 7.11. The van der Waals surface area contributed by atoms with Gasteiger partial charge in [0.05, 0.1) is 38.1 Å². The van der Waals surface area contributed by atoms with E-state index in [0.717, 1.165) is 33.4 Å². The first-order chi connectivity index (χ1) is 8.93. The van der Waals surface area contributed by atoms with Crippen LogP contribution in [-0.4, -0.2) is 19.9 Å². The average molecular weight is 300 g/mol. The Morgan fingerprint density at radius 2 is 2.11 bits per heavy atom. The molecular weight excluding hydrogens is 282 g/mol. The zero-order valence-electron chi connectivity index (χ0n) is 11.6. The molecule has 0 aliphatic heterocycles. The maximum atomic E-state index is 10.4. The number of aromatic nitrogens is 3. The van der Waals surface area contributed by atoms with E-state index in [9.17, 15) is 5.11 Å². The fraction of sp³-hybridized carbons (Fsp3) is 0.538. The highest BCUT2D eigenvalue weighted by Gasteiger charge is 2.20. The predicted octanol–water partition coefficient (Wildman–Crippen LogP) is 2.99. The first-order valence-corrected chi connectivity index (χ1v) is 7.45. The van der Waals surface area contributed by atoms with E-state index in [1.807, 2.05) is 27.8 Å². The lowest BCUT2D eigenvalue weighted by molar-refractivity contribution is 0.178. The highest BCUT2D eigenvalue weighted by Crippen LogP contribution is 2.30. The molecular formula is C13H18ClN3OS. The van der Waals surface area contributed by atoms with Crippen LogP contribution in [0.4, 0.5) is 0 Å². The van der Waals surface area contributed by atoms with Gasteiger partial charge in [-0.2, -0.15) is 5.10 Å². The minimum Gasteiger partial charge on any atom is -0.387 e. The van der Waals surface area contributed by atoms with Crippen LogP contribution in [0, 0.1) is 13.8 Å². The topological polar surface area (TPSA) is 50.9 Å². The van der Waals surface area contributed by atoms with Gasteiger partial charge in [-0.1, -0.05) is 18.5 Å². The molecule has 0 aliphatic rings. The molecule has 2 rings (SSSR count). The number of aryl methyl sites for hydroxylation is 4. The third-order valence-electron chi connectivity index (χ3n) is 3.13. The number of nitrogens with zero attached hydrogens (tertiary/aromatic N) is 3. The summed E-state index contributed by atoms with van der Waals surface area (Å²) >= 11 is 7.83. The van der Waals surface area contributed by atoms with Crippen LogP contribution in [0.15, 0.2) is 0 Å². The van der Waals surface area contributed by atoms with E-state index in [0.29, 0.717) is 11.4 Å². The van der Waals surface area contributed by atoms with Crippen molar-refractivity contribution in [1.29, 1.82) is 0 Å². The molecule has 2 heterocycles. The van der Waals surface area contributed by atoms with Crippen LogP contribution in [0.2, 0.25) is 5.02 Å². The van der Waals surface area contributed by atoms with Crippen molar-refractivity contribution in [2.45, 2.75) is 39.7 Å². The molecule has 0 saturated heterocycles. The smallest absolute Gasteiger partial charge is 0.0956 e. The summed E-state index contributed by atoms with van der Waals surface area (Å²) in [5.41, 5.74) is 2.64. The Hall–Kier alpha value is -0.910. The Morgan fingerprint density at radius 3 is 2.58 bits per heavy atom. The fourth-order valence-corrected chi connectivity index (χ4v) is 3.46. The molecule has 0 aliphatic carbocycles. The van der Waals surface area contributed by atoms with Crippen molar-refractivity contribution in [3.8, 4) is 0 Å². The van der Waals surface area contributed by atoms with Crippen molar-refractivity contribution in [3.05, 3.63) is 32.0 Å². The van der Waals surface area contributed by atoms with Gasteiger partial charge in [-0.3, -0.25) is 4.68 Å². The van der Waals surface area contributed by atoms with Crippen molar-refractivity contribution >= 4 is 22.9 Å². The quantitative estimate of drug-likeness (QED) is 0.944. The molecule has 6 heteroatoms. The van der Waals surface area contributed by atoms with Gasteiger partial charge in [-0.15, -0.1) is 11.3 Å². The van der Waals surface area contributed by atoms with Gasteiger partial charge in [0.25, 0.3) is 0 Å². The van der Waals surface area contributed by atoms with Crippen molar-refractivity contribution in [1.82, 2.24) is 14.8 Å². The summed E-state index contributed by atoms with van der Waals surface area (Å²) in [5.74, 6) is 0. The lowest BCUT2D eigenvalue weighted by Gasteiger charge is -2.10. The van der Waals surface area contributed by atoms with Crippen molar-refractivity contribution < 1.29 is 5.11 Å². The van der Waals surface area contributed by atoms with E-state index in [-0.39, 0.29) is 0 Å². The largest absolute Gasteiger partial charge is 0.387 e. The van der Waals surface area contributed by atoms with Gasteiger partial charge in [0.15, 0.2) is 0 Å². The average Bonchev–Trinajstić information content (AvgIpc) is 2.82. The number of thiazole rings is 1. The summed E-state index contributed by atoms with van der Waals surface area (Å²) in [6, 6.07) is 0. The van der Waals surface area contributed by atoms with E-state index >= 15 is 0 Å². The van der Waals surface area contributed by atoms with E-state index in [2.05, 4.69) is 10.1 Å². The Balaban J connectivity index is 2.26. The third-order valence-corrected chi connectivity index (χ3v) is 4.74. The molecule has 0 spiro atoms. The van der Waals surface area contributed by atoms with Crippen molar-refractivity contribution in [3.63, 3.8) is 0 Å². The van der Waals surface area contributed by atoms with Crippen LogP contribution in [0.1, 0.15) is 40.0 Å². The van der Waals surface area contributed by atoms with Crippen LogP contribution >= 0.6 is 22.9 Å². The monoisotopic (exact) mass is 299 g/mol. The molecule has 0 bridgehead atoms. The number of aliphatic hydroxyl groups excluding tert-OH is 1. The van der Waals surface area contributed by atoms with Crippen LogP contribution in [0.25, 0.3) is 0 Å². The first-order valence-electron chi connectivity index (χ1n) is 6.26. The lowest BCUT2D eigenvalue weighted by Crippen LogP contribution is -2.06. The Kier molecular flexibility index (Phi) is 4.28. The van der Waals surface area contributed by atoms with Crippen molar-refractivity contribution in [2.24, 2.45) is 7.05 Å². The SMILES string of the molecule is CCc1nn(C)c(CC(O)c2sc(C)nc2C)c1Cl. The van der Waals surface area contributed by atoms with E-state index < -0.39 is 6.10 Å².